The van der Waals surface area contributed by atoms with Gasteiger partial charge in [-0.15, -0.1) is 24.0 Å². The molecule has 1 heterocycles. The molecule has 0 aromatic heterocycles. The quantitative estimate of drug-likeness (QED) is 0.271. The van der Waals surface area contributed by atoms with Gasteiger partial charge in [0.1, 0.15) is 0 Å². The number of hydrogen-bond acceptors (Lipinski definition) is 4. The zero-order valence-electron chi connectivity index (χ0n) is 14.7. The molecule has 1 fully saturated rings. The van der Waals surface area contributed by atoms with Crippen molar-refractivity contribution in [2.75, 3.05) is 32.9 Å². The maximum absolute atomic E-state index is 8.81. The number of benzene rings is 1. The van der Waals surface area contributed by atoms with Crippen LogP contribution in [0.2, 0.25) is 0 Å². The van der Waals surface area contributed by atoms with Gasteiger partial charge in [-0.3, -0.25) is 0 Å². The van der Waals surface area contributed by atoms with Gasteiger partial charge in [-0.25, -0.2) is 4.99 Å². The van der Waals surface area contributed by atoms with Crippen LogP contribution in [0, 0.1) is 11.3 Å². The van der Waals surface area contributed by atoms with E-state index in [1.807, 2.05) is 31.2 Å². The van der Waals surface area contributed by atoms with E-state index in [0.717, 1.165) is 57.3 Å². The topological polar surface area (TPSA) is 78.7 Å². The summed E-state index contributed by atoms with van der Waals surface area (Å²) < 4.78 is 11.0. The molecular formula is C18H27IN4O2. The maximum Gasteiger partial charge on any atom is 0.191 e. The normalized spacial score (nSPS) is 16.8. The van der Waals surface area contributed by atoms with E-state index < -0.39 is 0 Å². The Labute approximate surface area is 167 Å². The van der Waals surface area contributed by atoms with Gasteiger partial charge in [-0.1, -0.05) is 12.1 Å². The molecule has 7 heteroatoms. The first-order valence-electron chi connectivity index (χ1n) is 8.52. The molecule has 138 valence electrons. The van der Waals surface area contributed by atoms with Gasteiger partial charge >= 0.3 is 0 Å². The van der Waals surface area contributed by atoms with E-state index in [-0.39, 0.29) is 30.1 Å². The number of nitriles is 1. The van der Waals surface area contributed by atoms with E-state index in [4.69, 9.17) is 14.7 Å². The van der Waals surface area contributed by atoms with Crippen molar-refractivity contribution < 1.29 is 9.47 Å². The summed E-state index contributed by atoms with van der Waals surface area (Å²) >= 11 is 0. The molecule has 1 saturated heterocycles. The highest BCUT2D eigenvalue weighted by Crippen LogP contribution is 2.08. The van der Waals surface area contributed by atoms with Crippen LogP contribution in [0.5, 0.6) is 0 Å². The molecule has 1 aliphatic rings. The van der Waals surface area contributed by atoms with Crippen molar-refractivity contribution in [3.05, 3.63) is 35.4 Å². The molecule has 0 amide bonds. The van der Waals surface area contributed by atoms with E-state index in [9.17, 15) is 0 Å². The van der Waals surface area contributed by atoms with Crippen LogP contribution in [0.15, 0.2) is 29.3 Å². The average molecular weight is 458 g/mol. The van der Waals surface area contributed by atoms with Crippen molar-refractivity contribution in [3.63, 3.8) is 0 Å². The highest BCUT2D eigenvalue weighted by atomic mass is 127. The lowest BCUT2D eigenvalue weighted by Crippen LogP contribution is -2.38. The molecule has 0 aliphatic carbocycles. The van der Waals surface area contributed by atoms with Crippen molar-refractivity contribution in [2.24, 2.45) is 4.99 Å². The van der Waals surface area contributed by atoms with Gasteiger partial charge in [-0.2, -0.15) is 5.26 Å². The van der Waals surface area contributed by atoms with Crippen molar-refractivity contribution >= 4 is 29.9 Å². The first-order valence-corrected chi connectivity index (χ1v) is 8.52. The SMILES string of the molecule is CCNC(=NCc1ccc(C#N)cc1)NCCCOC1CCOC1.I. The molecule has 0 saturated carbocycles. The second kappa shape index (κ2) is 12.9. The Morgan fingerprint density at radius 2 is 2.16 bits per heavy atom. The molecule has 2 N–H and O–H groups in total. The molecule has 0 bridgehead atoms. The van der Waals surface area contributed by atoms with E-state index in [1.54, 1.807) is 0 Å². The van der Waals surface area contributed by atoms with Gasteiger partial charge in [0.15, 0.2) is 5.96 Å². The molecule has 1 aromatic carbocycles. The minimum absolute atomic E-state index is 0. The Kier molecular flexibility index (Phi) is 11.2. The number of halogens is 1. The Bertz CT molecular complexity index is 551. The summed E-state index contributed by atoms with van der Waals surface area (Å²) in [4.78, 5) is 4.57. The van der Waals surface area contributed by atoms with Crippen LogP contribution in [0.3, 0.4) is 0 Å². The maximum atomic E-state index is 8.81. The summed E-state index contributed by atoms with van der Waals surface area (Å²) in [7, 11) is 0. The number of ether oxygens (including phenoxy) is 2. The summed E-state index contributed by atoms with van der Waals surface area (Å²) in [6.07, 6.45) is 2.20. The molecule has 0 radical (unpaired) electrons. The number of nitrogens with zero attached hydrogens (tertiary/aromatic N) is 2. The molecule has 1 aliphatic heterocycles. The highest BCUT2D eigenvalue weighted by molar-refractivity contribution is 14.0. The third kappa shape index (κ3) is 8.52. The lowest BCUT2D eigenvalue weighted by atomic mass is 10.1. The van der Waals surface area contributed by atoms with E-state index in [1.165, 1.54) is 0 Å². The number of nitrogens with one attached hydrogen (secondary N) is 2. The van der Waals surface area contributed by atoms with Crippen LogP contribution in [-0.2, 0) is 16.0 Å². The van der Waals surface area contributed by atoms with Gasteiger partial charge < -0.3 is 20.1 Å². The highest BCUT2D eigenvalue weighted by Gasteiger charge is 2.15. The first kappa shape index (κ1) is 21.7. The molecule has 1 atom stereocenters. The van der Waals surface area contributed by atoms with Crippen LogP contribution in [0.25, 0.3) is 0 Å². The lowest BCUT2D eigenvalue weighted by molar-refractivity contribution is 0.0420. The molecule has 1 unspecified atom stereocenters. The lowest BCUT2D eigenvalue weighted by Gasteiger charge is -2.13. The first-order chi connectivity index (χ1) is 11.8. The van der Waals surface area contributed by atoms with E-state index in [2.05, 4.69) is 21.7 Å². The molecule has 0 spiro atoms. The summed E-state index contributed by atoms with van der Waals surface area (Å²) in [5, 5.41) is 15.4. The third-order valence-corrected chi connectivity index (χ3v) is 3.70. The Morgan fingerprint density at radius 3 is 2.80 bits per heavy atom. The zero-order chi connectivity index (χ0) is 17.0. The van der Waals surface area contributed by atoms with Gasteiger partial charge in [-0.05, 0) is 37.5 Å². The van der Waals surface area contributed by atoms with Crippen molar-refractivity contribution in [1.29, 1.82) is 5.26 Å². The van der Waals surface area contributed by atoms with Gasteiger partial charge in [0.2, 0.25) is 0 Å². The Balaban J connectivity index is 0.00000312. The minimum atomic E-state index is 0. The second-order valence-electron chi connectivity index (χ2n) is 5.64. The number of hydrogen-bond donors (Lipinski definition) is 2. The van der Waals surface area contributed by atoms with E-state index >= 15 is 0 Å². The van der Waals surface area contributed by atoms with Crippen LogP contribution < -0.4 is 10.6 Å². The smallest absolute Gasteiger partial charge is 0.191 e. The van der Waals surface area contributed by atoms with Crippen molar-refractivity contribution in [1.82, 2.24) is 10.6 Å². The van der Waals surface area contributed by atoms with Crippen LogP contribution in [0.4, 0.5) is 0 Å². The predicted octanol–water partition coefficient (Wildman–Crippen LogP) is 2.43. The zero-order valence-corrected chi connectivity index (χ0v) is 17.0. The van der Waals surface area contributed by atoms with Crippen LogP contribution >= 0.6 is 24.0 Å². The minimum Gasteiger partial charge on any atom is -0.379 e. The van der Waals surface area contributed by atoms with Crippen LogP contribution in [0.1, 0.15) is 30.9 Å². The summed E-state index contributed by atoms with van der Waals surface area (Å²) in [6.45, 7) is 6.52. The Morgan fingerprint density at radius 1 is 1.36 bits per heavy atom. The molecular weight excluding hydrogens is 431 g/mol. The second-order valence-corrected chi connectivity index (χ2v) is 5.64. The predicted molar refractivity (Wildman–Crippen MR) is 109 cm³/mol. The van der Waals surface area contributed by atoms with E-state index in [0.29, 0.717) is 12.1 Å². The third-order valence-electron chi connectivity index (χ3n) is 3.70. The fraction of sp³-hybridized carbons (Fsp3) is 0.556. The van der Waals surface area contributed by atoms with Gasteiger partial charge in [0.05, 0.1) is 30.9 Å². The molecule has 6 nitrogen and oxygen atoms in total. The van der Waals surface area contributed by atoms with Crippen molar-refractivity contribution in [2.45, 2.75) is 32.4 Å². The van der Waals surface area contributed by atoms with Crippen molar-refractivity contribution in [3.8, 4) is 6.07 Å². The fourth-order valence-electron chi connectivity index (χ4n) is 2.37. The summed E-state index contributed by atoms with van der Waals surface area (Å²) in [5.41, 5.74) is 1.75. The molecule has 25 heavy (non-hydrogen) atoms. The largest absolute Gasteiger partial charge is 0.379 e. The van der Waals surface area contributed by atoms with Gasteiger partial charge in [0, 0.05) is 26.3 Å². The molecule has 1 aromatic rings. The number of aliphatic imine (C=N–C) groups is 1. The summed E-state index contributed by atoms with van der Waals surface area (Å²) in [6, 6.07) is 9.62. The Hall–Kier alpha value is -1.37. The summed E-state index contributed by atoms with van der Waals surface area (Å²) in [5.74, 6) is 0.797. The fourth-order valence-corrected chi connectivity index (χ4v) is 2.37. The van der Waals surface area contributed by atoms with Gasteiger partial charge in [0.25, 0.3) is 0 Å². The standard InChI is InChI=1S/C18H26N4O2.HI/c1-2-20-18(21-9-3-10-24-17-8-11-23-14-17)22-13-16-6-4-15(12-19)5-7-16;/h4-7,17H,2-3,8-11,13-14H2,1H3,(H2,20,21,22);1H. The molecule has 2 rings (SSSR count). The average Bonchev–Trinajstić information content (AvgIpc) is 3.13. The number of guanidine groups is 1. The monoisotopic (exact) mass is 458 g/mol. The van der Waals surface area contributed by atoms with Crippen LogP contribution in [-0.4, -0.2) is 45.0 Å². The number of rotatable bonds is 8.